The fourth-order valence-corrected chi connectivity index (χ4v) is 7.93. The zero-order valence-corrected chi connectivity index (χ0v) is 21.7. The molecule has 3 fully saturated rings. The molecule has 188 valence electrons. The molecule has 0 aromatic carbocycles. The molecule has 5 rings (SSSR count). The predicted octanol–water partition coefficient (Wildman–Crippen LogP) is 3.92. The molecule has 1 saturated heterocycles. The van der Waals surface area contributed by atoms with E-state index >= 15 is 0 Å². The summed E-state index contributed by atoms with van der Waals surface area (Å²) in [6.07, 6.45) is 4.18. The Bertz CT molecular complexity index is 1000. The SMILES string of the molecule is C/C=C(/C)C(=O)O[C@H]1C(C)=CC23C(C)C[C@@H]4[C@H]([C@H](C=C5COC(C)(C)O[C@H]5[C@]12O)C3O)C4(C)C. The van der Waals surface area contributed by atoms with Crippen LogP contribution in [0.1, 0.15) is 61.8 Å². The van der Waals surface area contributed by atoms with Gasteiger partial charge in [0.25, 0.3) is 0 Å². The lowest BCUT2D eigenvalue weighted by molar-refractivity contribution is -0.313. The van der Waals surface area contributed by atoms with Crippen LogP contribution in [0.15, 0.2) is 34.9 Å². The van der Waals surface area contributed by atoms with E-state index in [0.717, 1.165) is 17.6 Å². The Balaban J connectivity index is 1.72. The van der Waals surface area contributed by atoms with Crippen LogP contribution < -0.4 is 0 Å². The Morgan fingerprint density at radius 2 is 1.94 bits per heavy atom. The molecule has 4 aliphatic carbocycles. The molecule has 1 spiro atoms. The van der Waals surface area contributed by atoms with Crippen LogP contribution in [0, 0.1) is 34.5 Å². The summed E-state index contributed by atoms with van der Waals surface area (Å²) in [5.41, 5.74) is -0.495. The third-order valence-corrected chi connectivity index (χ3v) is 9.92. The van der Waals surface area contributed by atoms with Crippen LogP contribution in [0.5, 0.6) is 0 Å². The molecule has 0 radical (unpaired) electrons. The second-order valence-electron chi connectivity index (χ2n) is 12.4. The number of aliphatic hydroxyl groups is 2. The highest BCUT2D eigenvalue weighted by Crippen LogP contribution is 2.73. The van der Waals surface area contributed by atoms with Crippen molar-refractivity contribution < 1.29 is 29.2 Å². The van der Waals surface area contributed by atoms with Crippen molar-refractivity contribution in [2.24, 2.45) is 34.5 Å². The maximum absolute atomic E-state index is 12.9. The van der Waals surface area contributed by atoms with Gasteiger partial charge in [-0.25, -0.2) is 4.79 Å². The van der Waals surface area contributed by atoms with E-state index in [4.69, 9.17) is 14.2 Å². The fraction of sp³-hybridized carbons (Fsp3) is 0.750. The van der Waals surface area contributed by atoms with Crippen molar-refractivity contribution in [3.63, 3.8) is 0 Å². The summed E-state index contributed by atoms with van der Waals surface area (Å²) in [4.78, 5) is 12.9. The van der Waals surface area contributed by atoms with Gasteiger partial charge >= 0.3 is 5.97 Å². The van der Waals surface area contributed by atoms with Gasteiger partial charge in [0.15, 0.2) is 11.9 Å². The molecule has 1 aliphatic heterocycles. The Labute approximate surface area is 203 Å². The van der Waals surface area contributed by atoms with Crippen LogP contribution in [0.2, 0.25) is 0 Å². The topological polar surface area (TPSA) is 85.2 Å². The van der Waals surface area contributed by atoms with Crippen LogP contribution in [0.4, 0.5) is 0 Å². The second kappa shape index (κ2) is 7.28. The highest BCUT2D eigenvalue weighted by Gasteiger charge is 2.77. The molecule has 2 N–H and O–H groups in total. The first-order chi connectivity index (χ1) is 15.7. The van der Waals surface area contributed by atoms with E-state index in [1.807, 2.05) is 26.8 Å². The van der Waals surface area contributed by atoms with Gasteiger partial charge in [0, 0.05) is 11.5 Å². The highest BCUT2D eigenvalue weighted by molar-refractivity contribution is 5.88. The van der Waals surface area contributed by atoms with E-state index in [1.54, 1.807) is 19.9 Å². The fourth-order valence-electron chi connectivity index (χ4n) is 7.93. The number of aliphatic hydroxyl groups excluding tert-OH is 1. The number of fused-ring (bicyclic) bond motifs is 5. The summed E-state index contributed by atoms with van der Waals surface area (Å²) in [7, 11) is 0. The Kier molecular flexibility index (Phi) is 5.19. The lowest BCUT2D eigenvalue weighted by Crippen LogP contribution is -2.69. The number of rotatable bonds is 2. The quantitative estimate of drug-likeness (QED) is 0.360. The van der Waals surface area contributed by atoms with E-state index in [9.17, 15) is 15.0 Å². The van der Waals surface area contributed by atoms with E-state index in [0.29, 0.717) is 24.0 Å². The minimum absolute atomic E-state index is 0.0458. The van der Waals surface area contributed by atoms with Crippen molar-refractivity contribution in [3.8, 4) is 0 Å². The molecule has 0 amide bonds. The first kappa shape index (κ1) is 24.2. The van der Waals surface area contributed by atoms with Gasteiger partial charge in [-0.2, -0.15) is 0 Å². The van der Waals surface area contributed by atoms with Crippen molar-refractivity contribution in [1.29, 1.82) is 0 Å². The first-order valence-corrected chi connectivity index (χ1v) is 12.7. The van der Waals surface area contributed by atoms with Crippen molar-refractivity contribution in [2.45, 2.75) is 91.5 Å². The minimum atomic E-state index is -1.66. The molecule has 5 aliphatic rings. The van der Waals surface area contributed by atoms with Crippen LogP contribution in [0.3, 0.4) is 0 Å². The predicted molar refractivity (Wildman–Crippen MR) is 127 cm³/mol. The average Bonchev–Trinajstić information content (AvgIpc) is 3.25. The average molecular weight is 473 g/mol. The molecule has 1 heterocycles. The summed E-state index contributed by atoms with van der Waals surface area (Å²) < 4.78 is 18.5. The Morgan fingerprint density at radius 3 is 2.59 bits per heavy atom. The normalized spacial score (nSPS) is 48.3. The summed E-state index contributed by atoms with van der Waals surface area (Å²) in [6.45, 7) is 16.1. The molecule has 9 atom stereocenters. The van der Waals surface area contributed by atoms with Gasteiger partial charge < -0.3 is 24.4 Å². The van der Waals surface area contributed by atoms with E-state index in [2.05, 4.69) is 26.8 Å². The van der Waals surface area contributed by atoms with Crippen LogP contribution in [-0.4, -0.2) is 52.5 Å². The molecule has 2 saturated carbocycles. The lowest BCUT2D eigenvalue weighted by atomic mass is 9.58. The van der Waals surface area contributed by atoms with Gasteiger partial charge in [0.1, 0.15) is 11.7 Å². The molecule has 6 heteroatoms. The molecule has 2 bridgehead atoms. The smallest absolute Gasteiger partial charge is 0.334 e. The van der Waals surface area contributed by atoms with Gasteiger partial charge in [0.05, 0.1) is 18.1 Å². The molecular weight excluding hydrogens is 432 g/mol. The van der Waals surface area contributed by atoms with E-state index in [-0.39, 0.29) is 17.3 Å². The van der Waals surface area contributed by atoms with Gasteiger partial charge in [-0.05, 0) is 75.4 Å². The zero-order valence-electron chi connectivity index (χ0n) is 21.7. The third kappa shape index (κ3) is 2.92. The van der Waals surface area contributed by atoms with Gasteiger partial charge in [-0.15, -0.1) is 0 Å². The number of carbonyl (C=O) groups is 1. The number of ether oxygens (including phenoxy) is 3. The highest BCUT2D eigenvalue weighted by atomic mass is 16.7. The largest absolute Gasteiger partial charge is 0.451 e. The lowest BCUT2D eigenvalue weighted by Gasteiger charge is -2.55. The van der Waals surface area contributed by atoms with Crippen LogP contribution in [0.25, 0.3) is 0 Å². The number of allylic oxidation sites excluding steroid dienone is 1. The summed E-state index contributed by atoms with van der Waals surface area (Å²) in [6, 6.07) is 0. The number of hydrogen-bond acceptors (Lipinski definition) is 6. The molecule has 0 aromatic heterocycles. The number of hydrogen-bond donors (Lipinski definition) is 2. The van der Waals surface area contributed by atoms with Gasteiger partial charge in [-0.1, -0.05) is 39.0 Å². The minimum Gasteiger partial charge on any atom is -0.451 e. The van der Waals surface area contributed by atoms with Crippen molar-refractivity contribution >= 4 is 5.97 Å². The maximum atomic E-state index is 12.9. The molecule has 34 heavy (non-hydrogen) atoms. The Hall–Kier alpha value is -1.47. The first-order valence-electron chi connectivity index (χ1n) is 12.7. The zero-order chi connectivity index (χ0) is 25.0. The summed E-state index contributed by atoms with van der Waals surface area (Å²) in [5.74, 6) is -0.802. The van der Waals surface area contributed by atoms with Gasteiger partial charge in [0.2, 0.25) is 0 Å². The molecule has 6 nitrogen and oxygen atoms in total. The summed E-state index contributed by atoms with van der Waals surface area (Å²) >= 11 is 0. The Morgan fingerprint density at radius 1 is 1.26 bits per heavy atom. The maximum Gasteiger partial charge on any atom is 0.334 e. The third-order valence-electron chi connectivity index (χ3n) is 9.92. The van der Waals surface area contributed by atoms with Crippen LogP contribution in [-0.2, 0) is 19.0 Å². The summed E-state index contributed by atoms with van der Waals surface area (Å²) in [5, 5.41) is 25.1. The van der Waals surface area contributed by atoms with E-state index in [1.165, 1.54) is 0 Å². The van der Waals surface area contributed by atoms with Crippen LogP contribution >= 0.6 is 0 Å². The van der Waals surface area contributed by atoms with E-state index < -0.39 is 41.1 Å². The molecular formula is C28H40O6. The number of esters is 1. The second-order valence-corrected chi connectivity index (χ2v) is 12.4. The molecule has 0 aromatic rings. The standard InChI is InChI=1S/C28H40O6/c1-9-14(2)24(30)33-22-15(3)12-27-16(4)10-19-20(25(19,5)6)18(21(27)29)11-17-13-32-26(7,8)34-23(17)28(22,27)31/h9,11-12,16,18-23,29,31H,10,13H2,1-8H3/b14-9-/t16?,18-,19+,20-,21?,22-,23+,27?,28+/m0/s1. The van der Waals surface area contributed by atoms with Gasteiger partial charge in [-0.3, -0.25) is 0 Å². The van der Waals surface area contributed by atoms with Crippen molar-refractivity contribution in [2.75, 3.05) is 6.61 Å². The molecule has 3 unspecified atom stereocenters. The van der Waals surface area contributed by atoms with Crippen molar-refractivity contribution in [3.05, 3.63) is 34.9 Å². The number of carbonyl (C=O) groups excluding carboxylic acids is 1. The monoisotopic (exact) mass is 472 g/mol. The van der Waals surface area contributed by atoms with Crippen molar-refractivity contribution in [1.82, 2.24) is 0 Å².